The van der Waals surface area contributed by atoms with E-state index < -0.39 is 0 Å². The van der Waals surface area contributed by atoms with Gasteiger partial charge >= 0.3 is 0 Å². The molecule has 0 radical (unpaired) electrons. The number of halogens is 2. The topological polar surface area (TPSA) is 61.9 Å². The van der Waals surface area contributed by atoms with Gasteiger partial charge in [0.15, 0.2) is 0 Å². The van der Waals surface area contributed by atoms with Crippen molar-refractivity contribution in [1.29, 1.82) is 5.41 Å². The molecule has 0 aliphatic carbocycles. The Bertz CT molecular complexity index is 568. The third-order valence-electron chi connectivity index (χ3n) is 2.55. The summed E-state index contributed by atoms with van der Waals surface area (Å²) in [5, 5.41) is 10.8. The molecule has 0 aliphatic heterocycles. The number of nitrogen functional groups attached to an aromatic ring is 1. The van der Waals surface area contributed by atoms with Crippen LogP contribution in [0.1, 0.15) is 11.1 Å². The van der Waals surface area contributed by atoms with Crippen molar-refractivity contribution in [2.24, 2.45) is 0 Å². The van der Waals surface area contributed by atoms with Crippen molar-refractivity contribution in [3.63, 3.8) is 0 Å². The molecule has 106 valence electrons. The fourth-order valence-electron chi connectivity index (χ4n) is 1.57. The molecule has 2 aromatic carbocycles. The molecule has 20 heavy (non-hydrogen) atoms. The highest BCUT2D eigenvalue weighted by atomic mass is 35.5. The predicted octanol–water partition coefficient (Wildman–Crippen LogP) is 3.70. The van der Waals surface area contributed by atoms with Gasteiger partial charge in [-0.25, -0.2) is 0 Å². The number of nitrogens with one attached hydrogen (secondary N) is 2. The van der Waals surface area contributed by atoms with Crippen molar-refractivity contribution < 1.29 is 0 Å². The summed E-state index contributed by atoms with van der Waals surface area (Å²) < 4.78 is 0. The van der Waals surface area contributed by atoms with Crippen molar-refractivity contribution in [3.8, 4) is 0 Å². The molecule has 3 nitrogen and oxygen atoms in total. The quantitative estimate of drug-likeness (QED) is 0.460. The van der Waals surface area contributed by atoms with E-state index in [4.69, 9.17) is 11.1 Å². The highest BCUT2D eigenvalue weighted by molar-refractivity contribution is 5.97. The van der Waals surface area contributed by atoms with Gasteiger partial charge in [0.05, 0.1) is 0 Å². The Hall–Kier alpha value is -1.97. The summed E-state index contributed by atoms with van der Waals surface area (Å²) in [5.41, 5.74) is 8.33. The molecule has 0 heterocycles. The second kappa shape index (κ2) is 9.02. The van der Waals surface area contributed by atoms with E-state index in [1.165, 1.54) is 0 Å². The molecule has 0 saturated carbocycles. The monoisotopic (exact) mass is 309 g/mol. The van der Waals surface area contributed by atoms with Crippen molar-refractivity contribution in [3.05, 3.63) is 71.9 Å². The molecule has 0 saturated heterocycles. The fraction of sp³-hybridized carbons (Fsp3) is 0. The Morgan fingerprint density at radius 2 is 1.55 bits per heavy atom. The summed E-state index contributed by atoms with van der Waals surface area (Å²) in [6.45, 7) is 0. The summed E-state index contributed by atoms with van der Waals surface area (Å²) in [5.74, 6) is 0.362. The van der Waals surface area contributed by atoms with E-state index in [1.54, 1.807) is 6.20 Å². The van der Waals surface area contributed by atoms with Crippen molar-refractivity contribution in [2.75, 3.05) is 5.73 Å². The zero-order valence-electron chi connectivity index (χ0n) is 10.7. The van der Waals surface area contributed by atoms with Gasteiger partial charge in [0.2, 0.25) is 0 Å². The predicted molar refractivity (Wildman–Crippen MR) is 90.8 cm³/mol. The third kappa shape index (κ3) is 4.96. The van der Waals surface area contributed by atoms with Gasteiger partial charge in [-0.2, -0.15) is 0 Å². The maximum Gasteiger partial charge on any atom is 0.129 e. The van der Waals surface area contributed by atoms with E-state index in [1.807, 2.05) is 60.7 Å². The Kier molecular flexibility index (Phi) is 8.13. The van der Waals surface area contributed by atoms with Gasteiger partial charge < -0.3 is 11.1 Å². The van der Waals surface area contributed by atoms with E-state index in [9.17, 15) is 0 Å². The number of anilines is 1. The minimum Gasteiger partial charge on any atom is -0.398 e. The second-order valence-corrected chi connectivity index (χ2v) is 3.85. The highest BCUT2D eigenvalue weighted by Gasteiger charge is 1.96. The van der Waals surface area contributed by atoms with Crippen LogP contribution in [-0.2, 0) is 0 Å². The number of nitrogens with two attached hydrogens (primary N) is 1. The molecule has 4 N–H and O–H groups in total. The summed E-state index contributed by atoms with van der Waals surface area (Å²) in [7, 11) is 0. The van der Waals surface area contributed by atoms with Crippen LogP contribution < -0.4 is 11.1 Å². The molecule has 0 fully saturated rings. The van der Waals surface area contributed by atoms with Crippen LogP contribution in [0.15, 0.2) is 60.8 Å². The Balaban J connectivity index is 0.00000180. The smallest absolute Gasteiger partial charge is 0.129 e. The van der Waals surface area contributed by atoms with Crippen LogP contribution in [-0.4, -0.2) is 5.84 Å². The molecular formula is C15H17Cl2N3. The first-order valence-electron chi connectivity index (χ1n) is 5.69. The molecule has 2 aromatic rings. The van der Waals surface area contributed by atoms with E-state index in [-0.39, 0.29) is 24.8 Å². The lowest BCUT2D eigenvalue weighted by atomic mass is 10.2. The fourth-order valence-corrected chi connectivity index (χ4v) is 1.57. The molecule has 0 unspecified atom stereocenters. The normalized spacial score (nSPS) is 9.40. The van der Waals surface area contributed by atoms with Crippen molar-refractivity contribution in [1.82, 2.24) is 5.32 Å². The molecule has 0 bridgehead atoms. The highest BCUT2D eigenvalue weighted by Crippen LogP contribution is 2.11. The first-order valence-corrected chi connectivity index (χ1v) is 5.69. The molecule has 2 rings (SSSR count). The first-order chi connectivity index (χ1) is 8.77. The average Bonchev–Trinajstić information content (AvgIpc) is 2.42. The van der Waals surface area contributed by atoms with Crippen LogP contribution in [0.3, 0.4) is 0 Å². The van der Waals surface area contributed by atoms with E-state index in [0.29, 0.717) is 5.84 Å². The summed E-state index contributed by atoms with van der Waals surface area (Å²) in [6, 6.07) is 17.1. The largest absolute Gasteiger partial charge is 0.398 e. The van der Waals surface area contributed by atoms with E-state index in [2.05, 4.69) is 5.32 Å². The molecule has 0 aromatic heterocycles. The van der Waals surface area contributed by atoms with Crippen LogP contribution in [0.4, 0.5) is 5.69 Å². The van der Waals surface area contributed by atoms with Crippen LogP contribution in [0, 0.1) is 5.41 Å². The van der Waals surface area contributed by atoms with Crippen molar-refractivity contribution >= 4 is 42.4 Å². The zero-order valence-corrected chi connectivity index (χ0v) is 12.4. The van der Waals surface area contributed by atoms with Crippen LogP contribution in [0.25, 0.3) is 6.08 Å². The van der Waals surface area contributed by atoms with Gasteiger partial charge in [-0.15, -0.1) is 24.8 Å². The van der Waals surface area contributed by atoms with Gasteiger partial charge in [-0.3, -0.25) is 5.41 Å². The lowest BCUT2D eigenvalue weighted by Gasteiger charge is -2.03. The molecular weight excluding hydrogens is 293 g/mol. The van der Waals surface area contributed by atoms with Crippen LogP contribution in [0.5, 0.6) is 0 Å². The summed E-state index contributed by atoms with van der Waals surface area (Å²) >= 11 is 0. The maximum atomic E-state index is 7.86. The number of hydrogen-bond donors (Lipinski definition) is 3. The van der Waals surface area contributed by atoms with Gasteiger partial charge in [-0.1, -0.05) is 48.5 Å². The maximum absolute atomic E-state index is 7.86. The van der Waals surface area contributed by atoms with Crippen LogP contribution in [0.2, 0.25) is 0 Å². The minimum atomic E-state index is 0. The Labute approximate surface area is 131 Å². The summed E-state index contributed by atoms with van der Waals surface area (Å²) in [4.78, 5) is 0. The lowest BCUT2D eigenvalue weighted by molar-refractivity contribution is 1.23. The average molecular weight is 310 g/mol. The third-order valence-corrected chi connectivity index (χ3v) is 2.55. The van der Waals surface area contributed by atoms with Gasteiger partial charge in [-0.05, 0) is 17.7 Å². The lowest BCUT2D eigenvalue weighted by Crippen LogP contribution is -2.16. The number of rotatable bonds is 3. The number of para-hydroxylation sites is 1. The molecule has 0 aliphatic rings. The molecule has 0 spiro atoms. The van der Waals surface area contributed by atoms with Gasteiger partial charge in [0.25, 0.3) is 0 Å². The molecule has 0 amide bonds. The minimum absolute atomic E-state index is 0. The SMILES string of the molecule is Cl.Cl.N=C(N/C=C/c1ccccc1N)c1ccccc1. The standard InChI is InChI=1S/C15H15N3.2ClH/c16-14-9-5-4-6-12(14)10-11-18-15(17)13-7-2-1-3-8-13;;/h1-11H,16H2,(H2,17,18);2*1H/b11-10+;;. The van der Waals surface area contributed by atoms with E-state index in [0.717, 1.165) is 16.8 Å². The number of hydrogen-bond acceptors (Lipinski definition) is 2. The van der Waals surface area contributed by atoms with Crippen molar-refractivity contribution in [2.45, 2.75) is 0 Å². The molecule has 0 atom stereocenters. The van der Waals surface area contributed by atoms with Crippen LogP contribution >= 0.6 is 24.8 Å². The number of benzene rings is 2. The van der Waals surface area contributed by atoms with Gasteiger partial charge in [0, 0.05) is 17.5 Å². The van der Waals surface area contributed by atoms with E-state index >= 15 is 0 Å². The Morgan fingerprint density at radius 1 is 0.950 bits per heavy atom. The Morgan fingerprint density at radius 3 is 2.20 bits per heavy atom. The number of amidine groups is 1. The second-order valence-electron chi connectivity index (χ2n) is 3.85. The zero-order chi connectivity index (χ0) is 12.8. The summed E-state index contributed by atoms with van der Waals surface area (Å²) in [6.07, 6.45) is 3.58. The molecule has 5 heteroatoms. The first kappa shape index (κ1) is 18.0. The van der Waals surface area contributed by atoms with Gasteiger partial charge in [0.1, 0.15) is 5.84 Å².